The second kappa shape index (κ2) is 6.37. The minimum absolute atomic E-state index is 0.420. The van der Waals surface area contributed by atoms with E-state index in [1.54, 1.807) is 0 Å². The van der Waals surface area contributed by atoms with Crippen LogP contribution >= 0.6 is 0 Å². The number of benzene rings is 1. The molecule has 2 heterocycles. The molecule has 1 fully saturated rings. The molecule has 0 bridgehead atoms. The van der Waals surface area contributed by atoms with E-state index in [1.807, 2.05) is 0 Å². The van der Waals surface area contributed by atoms with Gasteiger partial charge in [0.2, 0.25) is 0 Å². The number of likely N-dealkylation sites (tertiary alicyclic amines) is 1. The average molecular weight is 288 g/mol. The van der Waals surface area contributed by atoms with Crippen LogP contribution in [0.5, 0.6) is 5.75 Å². The third-order valence-corrected chi connectivity index (χ3v) is 4.97. The normalized spacial score (nSPS) is 23.3. The van der Waals surface area contributed by atoms with E-state index in [0.717, 1.165) is 31.2 Å². The lowest BCUT2D eigenvalue weighted by molar-refractivity contribution is 0.263. The number of hydrogen-bond acceptors (Lipinski definition) is 3. The first-order valence-corrected chi connectivity index (χ1v) is 8.36. The summed E-state index contributed by atoms with van der Waals surface area (Å²) in [5, 5.41) is 3.72. The molecule has 1 saturated heterocycles. The molecular formula is C18H28N2O. The minimum Gasteiger partial charge on any atom is -0.493 e. The lowest BCUT2D eigenvalue weighted by atomic mass is 10.0. The summed E-state index contributed by atoms with van der Waals surface area (Å²) in [6.45, 7) is 11.3. The van der Waals surface area contributed by atoms with Crippen LogP contribution in [-0.4, -0.2) is 37.2 Å². The molecule has 1 aromatic carbocycles. The summed E-state index contributed by atoms with van der Waals surface area (Å²) in [6.07, 6.45) is 2.39. The molecule has 3 nitrogen and oxygen atoms in total. The molecule has 0 aromatic heterocycles. The molecule has 1 aromatic rings. The molecule has 0 radical (unpaired) electrons. The van der Waals surface area contributed by atoms with Gasteiger partial charge in [0.1, 0.15) is 5.75 Å². The minimum atomic E-state index is 0.420. The van der Waals surface area contributed by atoms with Gasteiger partial charge in [0.15, 0.2) is 0 Å². The monoisotopic (exact) mass is 288 g/mol. The summed E-state index contributed by atoms with van der Waals surface area (Å²) in [5.74, 6) is 1.88. The highest BCUT2D eigenvalue weighted by molar-refractivity contribution is 5.40. The fourth-order valence-electron chi connectivity index (χ4n) is 3.44. The summed E-state index contributed by atoms with van der Waals surface area (Å²) in [7, 11) is 0. The maximum absolute atomic E-state index is 5.58. The van der Waals surface area contributed by atoms with Crippen molar-refractivity contribution in [2.45, 2.75) is 45.7 Å². The van der Waals surface area contributed by atoms with Crippen molar-refractivity contribution < 1.29 is 4.74 Å². The fourth-order valence-corrected chi connectivity index (χ4v) is 3.44. The number of nitrogens with zero attached hydrogens (tertiary/aromatic N) is 1. The van der Waals surface area contributed by atoms with Crippen molar-refractivity contribution in [2.75, 3.05) is 26.2 Å². The Morgan fingerprint density at radius 2 is 2.19 bits per heavy atom. The van der Waals surface area contributed by atoms with Crippen molar-refractivity contribution >= 4 is 0 Å². The first kappa shape index (κ1) is 14.9. The molecular weight excluding hydrogens is 260 g/mol. The molecule has 1 N–H and O–H groups in total. The van der Waals surface area contributed by atoms with Crippen molar-refractivity contribution in [3.63, 3.8) is 0 Å². The molecule has 2 aliphatic rings. The van der Waals surface area contributed by atoms with E-state index in [9.17, 15) is 0 Å². The smallest absolute Gasteiger partial charge is 0.122 e. The molecule has 3 rings (SSSR count). The number of ether oxygens (including phenoxy) is 1. The molecule has 116 valence electrons. The first-order valence-electron chi connectivity index (χ1n) is 8.36. The lowest BCUT2D eigenvalue weighted by Crippen LogP contribution is -2.31. The molecule has 2 aliphatic heterocycles. The van der Waals surface area contributed by atoms with Crippen LogP contribution in [0, 0.1) is 5.92 Å². The number of rotatable bonds is 5. The zero-order chi connectivity index (χ0) is 14.8. The summed E-state index contributed by atoms with van der Waals surface area (Å²) >= 11 is 0. The summed E-state index contributed by atoms with van der Waals surface area (Å²) < 4.78 is 5.58. The Hall–Kier alpha value is -1.06. The summed E-state index contributed by atoms with van der Waals surface area (Å²) in [4.78, 5) is 2.59. The van der Waals surface area contributed by atoms with Gasteiger partial charge >= 0.3 is 0 Å². The third-order valence-electron chi connectivity index (χ3n) is 4.97. The Labute approximate surface area is 128 Å². The van der Waals surface area contributed by atoms with Gasteiger partial charge in [-0.25, -0.2) is 0 Å². The maximum atomic E-state index is 5.58. The standard InChI is InChI=1S/C18H28N2O/c1-13(2)20-8-6-15(12-20)11-19-14(3)16-4-5-18-17(10-16)7-9-21-18/h4-5,10,13-15,19H,6-9,11-12H2,1-3H3. The molecule has 0 aliphatic carbocycles. The molecule has 0 spiro atoms. The lowest BCUT2D eigenvalue weighted by Gasteiger charge is -2.21. The van der Waals surface area contributed by atoms with Crippen LogP contribution < -0.4 is 10.1 Å². The number of fused-ring (bicyclic) bond motifs is 1. The van der Waals surface area contributed by atoms with Crippen molar-refractivity contribution in [3.05, 3.63) is 29.3 Å². The summed E-state index contributed by atoms with van der Waals surface area (Å²) in [5.41, 5.74) is 2.76. The van der Waals surface area contributed by atoms with E-state index in [2.05, 4.69) is 49.2 Å². The SMILES string of the molecule is CC(NCC1CCN(C(C)C)C1)c1ccc2c(c1)CCO2. The van der Waals surface area contributed by atoms with E-state index >= 15 is 0 Å². The van der Waals surface area contributed by atoms with Gasteiger partial charge in [-0.1, -0.05) is 12.1 Å². The largest absolute Gasteiger partial charge is 0.493 e. The van der Waals surface area contributed by atoms with Crippen LogP contribution in [0.25, 0.3) is 0 Å². The van der Waals surface area contributed by atoms with E-state index < -0.39 is 0 Å². The zero-order valence-electron chi connectivity index (χ0n) is 13.6. The second-order valence-electron chi connectivity index (χ2n) is 6.84. The molecule has 2 unspecified atom stereocenters. The van der Waals surface area contributed by atoms with Crippen LogP contribution in [0.15, 0.2) is 18.2 Å². The first-order chi connectivity index (χ1) is 10.1. The van der Waals surface area contributed by atoms with Crippen molar-refractivity contribution in [1.29, 1.82) is 0 Å². The van der Waals surface area contributed by atoms with Gasteiger partial charge in [-0.05, 0) is 63.4 Å². The van der Waals surface area contributed by atoms with Gasteiger partial charge < -0.3 is 15.0 Å². The molecule has 2 atom stereocenters. The predicted octanol–water partition coefficient (Wildman–Crippen LogP) is 3.00. The third kappa shape index (κ3) is 3.41. The van der Waals surface area contributed by atoms with Gasteiger partial charge in [-0.3, -0.25) is 0 Å². The average Bonchev–Trinajstić information content (AvgIpc) is 3.12. The van der Waals surface area contributed by atoms with Gasteiger partial charge in [-0.2, -0.15) is 0 Å². The van der Waals surface area contributed by atoms with Crippen LogP contribution in [0.1, 0.15) is 44.4 Å². The zero-order valence-corrected chi connectivity index (χ0v) is 13.6. The molecule has 0 saturated carbocycles. The molecule has 3 heteroatoms. The quantitative estimate of drug-likeness (QED) is 0.901. The Morgan fingerprint density at radius 1 is 1.33 bits per heavy atom. The Kier molecular flexibility index (Phi) is 4.51. The fraction of sp³-hybridized carbons (Fsp3) is 0.667. The highest BCUT2D eigenvalue weighted by Crippen LogP contribution is 2.28. The second-order valence-corrected chi connectivity index (χ2v) is 6.84. The topological polar surface area (TPSA) is 24.5 Å². The van der Waals surface area contributed by atoms with E-state index in [1.165, 1.54) is 30.6 Å². The van der Waals surface area contributed by atoms with E-state index in [4.69, 9.17) is 4.74 Å². The highest BCUT2D eigenvalue weighted by atomic mass is 16.5. The predicted molar refractivity (Wildman–Crippen MR) is 86.9 cm³/mol. The van der Waals surface area contributed by atoms with Crippen molar-refractivity contribution in [3.8, 4) is 5.75 Å². The van der Waals surface area contributed by atoms with Crippen LogP contribution in [0.3, 0.4) is 0 Å². The van der Waals surface area contributed by atoms with E-state index in [-0.39, 0.29) is 0 Å². The molecule has 0 amide bonds. The van der Waals surface area contributed by atoms with E-state index in [0.29, 0.717) is 12.1 Å². The number of nitrogens with one attached hydrogen (secondary N) is 1. The number of hydrogen-bond donors (Lipinski definition) is 1. The van der Waals surface area contributed by atoms with Gasteiger partial charge in [0.25, 0.3) is 0 Å². The van der Waals surface area contributed by atoms with Crippen LogP contribution in [-0.2, 0) is 6.42 Å². The Bertz CT molecular complexity index is 486. The van der Waals surface area contributed by atoms with Gasteiger partial charge in [-0.15, -0.1) is 0 Å². The van der Waals surface area contributed by atoms with Crippen molar-refractivity contribution in [1.82, 2.24) is 10.2 Å². The highest BCUT2D eigenvalue weighted by Gasteiger charge is 2.24. The molecule has 21 heavy (non-hydrogen) atoms. The van der Waals surface area contributed by atoms with Gasteiger partial charge in [0, 0.05) is 25.0 Å². The summed E-state index contributed by atoms with van der Waals surface area (Å²) in [6, 6.07) is 7.76. The maximum Gasteiger partial charge on any atom is 0.122 e. The van der Waals surface area contributed by atoms with Crippen LogP contribution in [0.2, 0.25) is 0 Å². The van der Waals surface area contributed by atoms with Gasteiger partial charge in [0.05, 0.1) is 6.61 Å². The Balaban J connectivity index is 1.51. The Morgan fingerprint density at radius 3 is 2.95 bits per heavy atom. The van der Waals surface area contributed by atoms with Crippen LogP contribution in [0.4, 0.5) is 0 Å². The van der Waals surface area contributed by atoms with Crippen molar-refractivity contribution in [2.24, 2.45) is 5.92 Å².